The Kier molecular flexibility index (Phi) is 6.81. The van der Waals surface area contributed by atoms with Gasteiger partial charge in [-0.1, -0.05) is 41.4 Å². The molecule has 0 saturated carbocycles. The van der Waals surface area contributed by atoms with Gasteiger partial charge in [0.25, 0.3) is 5.91 Å². The zero-order valence-electron chi connectivity index (χ0n) is 13.1. The van der Waals surface area contributed by atoms with Crippen molar-refractivity contribution in [3.8, 4) is 6.07 Å². The molecule has 0 radical (unpaired) electrons. The third-order valence-corrected chi connectivity index (χ3v) is 3.96. The molecular formula is C18H14Cl2N2O3. The maximum Gasteiger partial charge on any atom is 0.310 e. The molecule has 0 aliphatic heterocycles. The molecule has 0 bridgehead atoms. The Hall–Kier alpha value is -2.55. The summed E-state index contributed by atoms with van der Waals surface area (Å²) in [6.45, 7) is -0.389. The number of amides is 1. The molecule has 0 spiro atoms. The lowest BCUT2D eigenvalue weighted by molar-refractivity contribution is -0.146. The number of hydrogen-bond acceptors (Lipinski definition) is 4. The van der Waals surface area contributed by atoms with Gasteiger partial charge in [-0.25, -0.2) is 0 Å². The van der Waals surface area contributed by atoms with Crippen LogP contribution in [0.1, 0.15) is 11.1 Å². The number of rotatable bonds is 6. The lowest BCUT2D eigenvalue weighted by atomic mass is 10.1. The average molecular weight is 377 g/mol. The van der Waals surface area contributed by atoms with Gasteiger partial charge < -0.3 is 10.1 Å². The van der Waals surface area contributed by atoms with Crippen molar-refractivity contribution < 1.29 is 14.3 Å². The number of hydrogen-bond donors (Lipinski definition) is 1. The first-order chi connectivity index (χ1) is 12.0. The molecule has 0 fully saturated rings. The van der Waals surface area contributed by atoms with Gasteiger partial charge in [0.1, 0.15) is 0 Å². The molecule has 25 heavy (non-hydrogen) atoms. The molecule has 0 aliphatic rings. The molecule has 0 heterocycles. The third kappa shape index (κ3) is 6.11. The number of carbonyl (C=O) groups is 2. The number of benzene rings is 2. The largest absolute Gasteiger partial charge is 0.455 e. The summed E-state index contributed by atoms with van der Waals surface area (Å²) in [6.07, 6.45) is 0.299. The zero-order valence-corrected chi connectivity index (χ0v) is 14.6. The highest BCUT2D eigenvalue weighted by molar-refractivity contribution is 6.42. The van der Waals surface area contributed by atoms with Gasteiger partial charge in [-0.2, -0.15) is 5.26 Å². The van der Waals surface area contributed by atoms with Crippen molar-refractivity contribution in [3.63, 3.8) is 0 Å². The molecule has 2 rings (SSSR count). The molecular weight excluding hydrogens is 363 g/mol. The summed E-state index contributed by atoms with van der Waals surface area (Å²) >= 11 is 11.7. The van der Waals surface area contributed by atoms with Crippen molar-refractivity contribution in [2.24, 2.45) is 0 Å². The van der Waals surface area contributed by atoms with E-state index in [0.29, 0.717) is 27.7 Å². The first-order valence-corrected chi connectivity index (χ1v) is 8.09. The van der Waals surface area contributed by atoms with Crippen LogP contribution in [-0.2, 0) is 27.2 Å². The van der Waals surface area contributed by atoms with Crippen molar-refractivity contribution in [2.75, 3.05) is 11.9 Å². The van der Waals surface area contributed by atoms with Crippen LogP contribution in [0.4, 0.5) is 5.69 Å². The van der Waals surface area contributed by atoms with Gasteiger partial charge >= 0.3 is 5.97 Å². The summed E-state index contributed by atoms with van der Waals surface area (Å²) in [5.41, 5.74) is 2.06. The summed E-state index contributed by atoms with van der Waals surface area (Å²) in [4.78, 5) is 23.6. The van der Waals surface area contributed by atoms with Crippen LogP contribution < -0.4 is 5.32 Å². The molecule has 0 unspecified atom stereocenters. The van der Waals surface area contributed by atoms with E-state index in [0.717, 1.165) is 5.56 Å². The van der Waals surface area contributed by atoms with Gasteiger partial charge in [0.2, 0.25) is 0 Å². The predicted octanol–water partition coefficient (Wildman–Crippen LogP) is 3.78. The predicted molar refractivity (Wildman–Crippen MR) is 95.5 cm³/mol. The van der Waals surface area contributed by atoms with Crippen LogP contribution in [0.2, 0.25) is 10.0 Å². The fourth-order valence-corrected chi connectivity index (χ4v) is 2.33. The summed E-state index contributed by atoms with van der Waals surface area (Å²) in [5.74, 6) is -0.992. The Morgan fingerprint density at radius 3 is 2.36 bits per heavy atom. The highest BCUT2D eigenvalue weighted by atomic mass is 35.5. The molecule has 1 amide bonds. The molecule has 0 aliphatic carbocycles. The number of esters is 1. The Bertz CT molecular complexity index is 814. The fraction of sp³-hybridized carbons (Fsp3) is 0.167. The summed E-state index contributed by atoms with van der Waals surface area (Å²) < 4.78 is 4.94. The lowest BCUT2D eigenvalue weighted by Crippen LogP contribution is -2.21. The Balaban J connectivity index is 1.79. The van der Waals surface area contributed by atoms with Gasteiger partial charge in [-0.15, -0.1) is 0 Å². The van der Waals surface area contributed by atoms with E-state index in [4.69, 9.17) is 33.2 Å². The van der Waals surface area contributed by atoms with Crippen LogP contribution >= 0.6 is 23.2 Å². The second-order valence-corrected chi connectivity index (χ2v) is 5.98. The van der Waals surface area contributed by atoms with Gasteiger partial charge in [0, 0.05) is 5.69 Å². The summed E-state index contributed by atoms with van der Waals surface area (Å²) in [6, 6.07) is 13.7. The van der Waals surface area contributed by atoms with Crippen LogP contribution in [0.3, 0.4) is 0 Å². The van der Waals surface area contributed by atoms with E-state index in [2.05, 4.69) is 5.32 Å². The Morgan fingerprint density at radius 1 is 1.04 bits per heavy atom. The Morgan fingerprint density at radius 2 is 1.72 bits per heavy atom. The quantitative estimate of drug-likeness (QED) is 0.777. The molecule has 2 aromatic rings. The minimum atomic E-state index is -0.544. The van der Waals surface area contributed by atoms with Crippen molar-refractivity contribution in [1.29, 1.82) is 5.26 Å². The van der Waals surface area contributed by atoms with Gasteiger partial charge in [0.05, 0.1) is 29.0 Å². The topological polar surface area (TPSA) is 79.2 Å². The SMILES string of the molecule is N#CCc1ccc(NC(=O)COC(=O)Cc2ccc(Cl)c(Cl)c2)cc1. The smallest absolute Gasteiger partial charge is 0.310 e. The van der Waals surface area contributed by atoms with Crippen LogP contribution in [0, 0.1) is 11.3 Å². The summed E-state index contributed by atoms with van der Waals surface area (Å²) in [7, 11) is 0. The van der Waals surface area contributed by atoms with Crippen molar-refractivity contribution in [3.05, 3.63) is 63.6 Å². The number of anilines is 1. The summed E-state index contributed by atoms with van der Waals surface area (Å²) in [5, 5.41) is 12.0. The fourth-order valence-electron chi connectivity index (χ4n) is 2.01. The first-order valence-electron chi connectivity index (χ1n) is 7.33. The van der Waals surface area contributed by atoms with Crippen LogP contribution in [0.5, 0.6) is 0 Å². The van der Waals surface area contributed by atoms with E-state index in [1.54, 1.807) is 42.5 Å². The van der Waals surface area contributed by atoms with E-state index in [1.165, 1.54) is 0 Å². The van der Waals surface area contributed by atoms with E-state index in [-0.39, 0.29) is 13.0 Å². The maximum atomic E-state index is 11.8. The van der Waals surface area contributed by atoms with Crippen molar-refractivity contribution >= 4 is 40.8 Å². The van der Waals surface area contributed by atoms with Gasteiger partial charge in [-0.05, 0) is 35.4 Å². The maximum absolute atomic E-state index is 11.8. The second-order valence-electron chi connectivity index (χ2n) is 5.17. The molecule has 2 aromatic carbocycles. The first kappa shape index (κ1) is 18.8. The normalized spacial score (nSPS) is 9.96. The number of halogens is 2. The lowest BCUT2D eigenvalue weighted by Gasteiger charge is -2.07. The molecule has 0 saturated heterocycles. The van der Waals surface area contributed by atoms with Crippen LogP contribution in [0.15, 0.2) is 42.5 Å². The number of nitriles is 1. The van der Waals surface area contributed by atoms with E-state index >= 15 is 0 Å². The van der Waals surface area contributed by atoms with E-state index in [9.17, 15) is 9.59 Å². The minimum absolute atomic E-state index is 0.00692. The van der Waals surface area contributed by atoms with E-state index < -0.39 is 11.9 Å². The van der Waals surface area contributed by atoms with Crippen LogP contribution in [0.25, 0.3) is 0 Å². The highest BCUT2D eigenvalue weighted by Crippen LogP contribution is 2.22. The molecule has 5 nitrogen and oxygen atoms in total. The second kappa shape index (κ2) is 9.07. The van der Waals surface area contributed by atoms with Crippen molar-refractivity contribution in [2.45, 2.75) is 12.8 Å². The van der Waals surface area contributed by atoms with Crippen molar-refractivity contribution in [1.82, 2.24) is 0 Å². The monoisotopic (exact) mass is 376 g/mol. The zero-order chi connectivity index (χ0) is 18.2. The highest BCUT2D eigenvalue weighted by Gasteiger charge is 2.10. The van der Waals surface area contributed by atoms with Crippen LogP contribution in [-0.4, -0.2) is 18.5 Å². The minimum Gasteiger partial charge on any atom is -0.455 e. The number of carbonyl (C=O) groups excluding carboxylic acids is 2. The molecule has 7 heteroatoms. The molecule has 0 aromatic heterocycles. The van der Waals surface area contributed by atoms with Gasteiger partial charge in [-0.3, -0.25) is 9.59 Å². The average Bonchev–Trinajstić information content (AvgIpc) is 2.58. The Labute approximate surface area is 155 Å². The number of ether oxygens (including phenoxy) is 1. The van der Waals surface area contributed by atoms with Gasteiger partial charge in [0.15, 0.2) is 6.61 Å². The third-order valence-electron chi connectivity index (χ3n) is 3.22. The molecule has 1 N–H and O–H groups in total. The molecule has 0 atom stereocenters. The number of nitrogens with zero attached hydrogens (tertiary/aromatic N) is 1. The molecule has 128 valence electrons. The number of nitrogens with one attached hydrogen (secondary N) is 1. The van der Waals surface area contributed by atoms with E-state index in [1.807, 2.05) is 6.07 Å². The standard InChI is InChI=1S/C18H14Cl2N2O3/c19-15-6-3-13(9-16(15)20)10-18(24)25-11-17(23)22-14-4-1-12(2-5-14)7-8-21/h1-6,9H,7,10-11H2,(H,22,23).